The molecule has 0 amide bonds. The molecule has 1 fully saturated rings. The predicted octanol–water partition coefficient (Wildman–Crippen LogP) is 2.87. The summed E-state index contributed by atoms with van der Waals surface area (Å²) < 4.78 is 27.3. The smallest absolute Gasteiger partial charge is 0.243 e. The van der Waals surface area contributed by atoms with Crippen LogP contribution in [0.3, 0.4) is 0 Å². The summed E-state index contributed by atoms with van der Waals surface area (Å²) in [6, 6.07) is 17.0. The van der Waals surface area contributed by atoms with Gasteiger partial charge in [-0.1, -0.05) is 48.0 Å². The third kappa shape index (κ3) is 3.65. The molecule has 1 aliphatic rings. The van der Waals surface area contributed by atoms with E-state index in [9.17, 15) is 13.7 Å². The number of nitrogens with zero attached hydrogens (tertiary/aromatic N) is 3. The topological polar surface area (TPSA) is 64.4 Å². The number of hydrogen-bond donors (Lipinski definition) is 0. The van der Waals surface area contributed by atoms with Gasteiger partial charge in [0.05, 0.1) is 11.0 Å². The molecule has 0 aromatic heterocycles. The molecular formula is C20H23N3O2S. The van der Waals surface area contributed by atoms with E-state index in [0.717, 1.165) is 16.7 Å². The maximum absolute atomic E-state index is 12.9. The van der Waals surface area contributed by atoms with Crippen molar-refractivity contribution in [1.82, 2.24) is 9.21 Å². The summed E-state index contributed by atoms with van der Waals surface area (Å²) >= 11 is 0. The van der Waals surface area contributed by atoms with Gasteiger partial charge in [0, 0.05) is 26.2 Å². The van der Waals surface area contributed by atoms with Crippen molar-refractivity contribution in [3.05, 3.63) is 65.2 Å². The van der Waals surface area contributed by atoms with E-state index < -0.39 is 10.0 Å². The molecule has 5 nitrogen and oxygen atoms in total. The molecule has 0 aliphatic carbocycles. The number of aryl methyl sites for hydroxylation is 2. The molecule has 2 aromatic rings. The van der Waals surface area contributed by atoms with Crippen LogP contribution in [0.5, 0.6) is 0 Å². The first-order valence-electron chi connectivity index (χ1n) is 8.69. The van der Waals surface area contributed by atoms with E-state index in [1.807, 2.05) is 50.2 Å². The molecule has 2 aromatic carbocycles. The number of sulfonamides is 1. The number of rotatable bonds is 4. The van der Waals surface area contributed by atoms with Crippen molar-refractivity contribution in [3.63, 3.8) is 0 Å². The second kappa shape index (κ2) is 7.58. The highest BCUT2D eigenvalue weighted by atomic mass is 32.2. The molecule has 1 unspecified atom stereocenters. The number of nitriles is 1. The van der Waals surface area contributed by atoms with Gasteiger partial charge in [-0.15, -0.1) is 0 Å². The molecule has 6 heteroatoms. The van der Waals surface area contributed by atoms with E-state index >= 15 is 0 Å². The minimum Gasteiger partial charge on any atom is -0.282 e. The number of hydrogen-bond acceptors (Lipinski definition) is 4. The van der Waals surface area contributed by atoms with Crippen LogP contribution in [0.1, 0.15) is 22.7 Å². The van der Waals surface area contributed by atoms with Crippen LogP contribution in [0, 0.1) is 25.2 Å². The Morgan fingerprint density at radius 1 is 0.962 bits per heavy atom. The van der Waals surface area contributed by atoms with Gasteiger partial charge in [0.2, 0.25) is 10.0 Å². The van der Waals surface area contributed by atoms with Crippen LogP contribution >= 0.6 is 0 Å². The Morgan fingerprint density at radius 2 is 1.58 bits per heavy atom. The maximum atomic E-state index is 12.9. The normalized spacial score (nSPS) is 17.6. The quantitative estimate of drug-likeness (QED) is 0.831. The van der Waals surface area contributed by atoms with Gasteiger partial charge in [-0.25, -0.2) is 8.42 Å². The van der Waals surface area contributed by atoms with E-state index in [2.05, 4.69) is 11.0 Å². The molecule has 0 bridgehead atoms. The predicted molar refractivity (Wildman–Crippen MR) is 101 cm³/mol. The molecule has 1 heterocycles. The standard InChI is InChI=1S/C20H23N3O2S/c1-16-7-9-18(10-8-16)19(15-21)22-11-13-23(14-12-22)26(24,25)20-6-4-3-5-17(20)2/h3-10,19H,11-14H2,1-2H3. The Balaban J connectivity index is 1.73. The molecule has 26 heavy (non-hydrogen) atoms. The van der Waals surface area contributed by atoms with Crippen LogP contribution in [0.2, 0.25) is 0 Å². The first-order valence-corrected chi connectivity index (χ1v) is 10.1. The van der Waals surface area contributed by atoms with Crippen LogP contribution in [0.15, 0.2) is 53.4 Å². The van der Waals surface area contributed by atoms with Crippen LogP contribution in [0.25, 0.3) is 0 Å². The summed E-state index contributed by atoms with van der Waals surface area (Å²) in [7, 11) is -3.50. The largest absolute Gasteiger partial charge is 0.282 e. The molecule has 3 rings (SSSR count). The van der Waals surface area contributed by atoms with E-state index in [-0.39, 0.29) is 6.04 Å². The fourth-order valence-corrected chi connectivity index (χ4v) is 4.95. The van der Waals surface area contributed by atoms with Gasteiger partial charge in [0.1, 0.15) is 6.04 Å². The summed E-state index contributed by atoms with van der Waals surface area (Å²) in [6.07, 6.45) is 0. The van der Waals surface area contributed by atoms with Crippen molar-refractivity contribution >= 4 is 10.0 Å². The van der Waals surface area contributed by atoms with E-state index in [0.29, 0.717) is 31.1 Å². The van der Waals surface area contributed by atoms with Crippen LogP contribution < -0.4 is 0 Å². The van der Waals surface area contributed by atoms with Crippen molar-refractivity contribution < 1.29 is 8.42 Å². The van der Waals surface area contributed by atoms with Crippen LogP contribution in [0.4, 0.5) is 0 Å². The van der Waals surface area contributed by atoms with Crippen molar-refractivity contribution in [2.75, 3.05) is 26.2 Å². The van der Waals surface area contributed by atoms with E-state index in [4.69, 9.17) is 0 Å². The summed E-state index contributed by atoms with van der Waals surface area (Å²) in [6.45, 7) is 5.68. The van der Waals surface area contributed by atoms with Gasteiger partial charge in [-0.05, 0) is 31.0 Å². The van der Waals surface area contributed by atoms with Gasteiger partial charge in [-0.2, -0.15) is 9.57 Å². The van der Waals surface area contributed by atoms with Crippen LogP contribution in [-0.2, 0) is 10.0 Å². The summed E-state index contributed by atoms with van der Waals surface area (Å²) in [5.74, 6) is 0. The van der Waals surface area contributed by atoms with Gasteiger partial charge in [-0.3, -0.25) is 4.90 Å². The highest BCUT2D eigenvalue weighted by Gasteiger charge is 2.32. The van der Waals surface area contributed by atoms with E-state index in [1.165, 1.54) is 4.31 Å². The zero-order valence-electron chi connectivity index (χ0n) is 15.1. The Kier molecular flexibility index (Phi) is 5.42. The summed E-state index contributed by atoms with van der Waals surface area (Å²) in [4.78, 5) is 2.41. The number of benzene rings is 2. The maximum Gasteiger partial charge on any atom is 0.243 e. The minimum absolute atomic E-state index is 0.348. The third-order valence-corrected chi connectivity index (χ3v) is 6.92. The Labute approximate surface area is 155 Å². The van der Waals surface area contributed by atoms with Gasteiger partial charge < -0.3 is 0 Å². The molecule has 1 atom stereocenters. The van der Waals surface area contributed by atoms with Crippen LogP contribution in [-0.4, -0.2) is 43.8 Å². The van der Waals surface area contributed by atoms with Crippen molar-refractivity contribution in [2.45, 2.75) is 24.8 Å². The average molecular weight is 369 g/mol. The lowest BCUT2D eigenvalue weighted by atomic mass is 10.0. The fraction of sp³-hybridized carbons (Fsp3) is 0.350. The zero-order valence-corrected chi connectivity index (χ0v) is 15.9. The molecule has 0 saturated carbocycles. The molecule has 1 aliphatic heterocycles. The number of piperazine rings is 1. The second-order valence-electron chi connectivity index (χ2n) is 6.65. The molecule has 0 N–H and O–H groups in total. The van der Waals surface area contributed by atoms with Gasteiger partial charge >= 0.3 is 0 Å². The molecule has 0 spiro atoms. The molecular weight excluding hydrogens is 346 g/mol. The highest BCUT2D eigenvalue weighted by Crippen LogP contribution is 2.25. The Bertz CT molecular complexity index is 909. The van der Waals surface area contributed by atoms with Gasteiger partial charge in [0.25, 0.3) is 0 Å². The first-order chi connectivity index (χ1) is 12.4. The Hall–Kier alpha value is -2.20. The third-order valence-electron chi connectivity index (χ3n) is 4.87. The van der Waals surface area contributed by atoms with Crippen molar-refractivity contribution in [3.8, 4) is 6.07 Å². The lowest BCUT2D eigenvalue weighted by molar-refractivity contribution is 0.162. The molecule has 1 saturated heterocycles. The lowest BCUT2D eigenvalue weighted by Crippen LogP contribution is -2.49. The highest BCUT2D eigenvalue weighted by molar-refractivity contribution is 7.89. The monoisotopic (exact) mass is 369 g/mol. The lowest BCUT2D eigenvalue weighted by Gasteiger charge is -2.36. The summed E-state index contributed by atoms with van der Waals surface area (Å²) in [5.41, 5.74) is 2.86. The first kappa shape index (κ1) is 18.6. The molecule has 136 valence electrons. The Morgan fingerprint density at radius 3 is 2.15 bits per heavy atom. The van der Waals surface area contributed by atoms with Gasteiger partial charge in [0.15, 0.2) is 0 Å². The second-order valence-corrected chi connectivity index (χ2v) is 8.55. The van der Waals surface area contributed by atoms with E-state index in [1.54, 1.807) is 12.1 Å². The zero-order chi connectivity index (χ0) is 18.7. The molecule has 0 radical (unpaired) electrons. The fourth-order valence-electron chi connectivity index (χ4n) is 3.30. The van der Waals surface area contributed by atoms with Crippen molar-refractivity contribution in [1.29, 1.82) is 5.26 Å². The minimum atomic E-state index is -3.50. The average Bonchev–Trinajstić information content (AvgIpc) is 2.64. The SMILES string of the molecule is Cc1ccc(C(C#N)N2CCN(S(=O)(=O)c3ccccc3C)CC2)cc1. The summed E-state index contributed by atoms with van der Waals surface area (Å²) in [5, 5.41) is 9.62. The van der Waals surface area contributed by atoms with Crippen molar-refractivity contribution in [2.24, 2.45) is 0 Å².